The maximum atomic E-state index is 11.5. The highest BCUT2D eigenvalue weighted by molar-refractivity contribution is 7.89. The molecule has 0 saturated heterocycles. The Morgan fingerprint density at radius 3 is 2.18 bits per heavy atom. The fourth-order valence-electron chi connectivity index (χ4n) is 1.19. The molecule has 0 spiro atoms. The van der Waals surface area contributed by atoms with Crippen LogP contribution < -0.4 is 10.0 Å². The summed E-state index contributed by atoms with van der Waals surface area (Å²) >= 11 is 0. The van der Waals surface area contributed by atoms with Crippen LogP contribution in [0.4, 0.5) is 5.69 Å². The summed E-state index contributed by atoms with van der Waals surface area (Å²) in [6, 6.07) is 6.35. The van der Waals surface area contributed by atoms with E-state index >= 15 is 0 Å². The Balaban J connectivity index is 2.76. The SMILES string of the molecule is CNS(=O)(=O)c1ccc(NCC(C)(C)O)cc1. The average molecular weight is 258 g/mol. The molecule has 5 nitrogen and oxygen atoms in total. The molecule has 0 atom stereocenters. The second-order valence-corrected chi connectivity index (χ2v) is 6.28. The predicted molar refractivity (Wildman–Crippen MR) is 67.5 cm³/mol. The van der Waals surface area contributed by atoms with E-state index in [0.717, 1.165) is 5.69 Å². The van der Waals surface area contributed by atoms with Crippen molar-refractivity contribution in [1.82, 2.24) is 4.72 Å². The van der Waals surface area contributed by atoms with Crippen LogP contribution in [0.25, 0.3) is 0 Å². The lowest BCUT2D eigenvalue weighted by atomic mass is 10.1. The quantitative estimate of drug-likeness (QED) is 0.729. The van der Waals surface area contributed by atoms with Crippen molar-refractivity contribution in [1.29, 1.82) is 0 Å². The molecular weight excluding hydrogens is 240 g/mol. The first-order valence-electron chi connectivity index (χ1n) is 5.24. The molecular formula is C11H18N2O3S. The maximum absolute atomic E-state index is 11.5. The van der Waals surface area contributed by atoms with E-state index in [-0.39, 0.29) is 4.90 Å². The lowest BCUT2D eigenvalue weighted by Crippen LogP contribution is -2.29. The molecule has 0 heterocycles. The molecule has 1 rings (SSSR count). The van der Waals surface area contributed by atoms with Gasteiger partial charge in [0.2, 0.25) is 10.0 Å². The zero-order chi connectivity index (χ0) is 13.1. The Labute approximate surface area is 102 Å². The number of hydrogen-bond acceptors (Lipinski definition) is 4. The third-order valence-corrected chi connectivity index (χ3v) is 3.59. The van der Waals surface area contributed by atoms with Crippen LogP contribution in [0.5, 0.6) is 0 Å². The lowest BCUT2D eigenvalue weighted by molar-refractivity contribution is 0.0945. The van der Waals surface area contributed by atoms with Gasteiger partial charge < -0.3 is 10.4 Å². The Morgan fingerprint density at radius 1 is 1.24 bits per heavy atom. The summed E-state index contributed by atoms with van der Waals surface area (Å²) in [5, 5.41) is 12.5. The van der Waals surface area contributed by atoms with Crippen molar-refractivity contribution >= 4 is 15.7 Å². The van der Waals surface area contributed by atoms with Gasteiger partial charge in [0.25, 0.3) is 0 Å². The molecule has 0 bridgehead atoms. The van der Waals surface area contributed by atoms with Gasteiger partial charge in [-0.1, -0.05) is 0 Å². The highest BCUT2D eigenvalue weighted by Crippen LogP contribution is 2.14. The third kappa shape index (κ3) is 4.33. The zero-order valence-electron chi connectivity index (χ0n) is 10.2. The number of hydrogen-bond donors (Lipinski definition) is 3. The highest BCUT2D eigenvalue weighted by Gasteiger charge is 2.13. The van der Waals surface area contributed by atoms with Gasteiger partial charge in [-0.3, -0.25) is 0 Å². The van der Waals surface area contributed by atoms with Gasteiger partial charge in [-0.25, -0.2) is 13.1 Å². The van der Waals surface area contributed by atoms with Crippen molar-refractivity contribution in [2.24, 2.45) is 0 Å². The molecule has 1 aromatic rings. The van der Waals surface area contributed by atoms with Gasteiger partial charge in [-0.05, 0) is 45.2 Å². The van der Waals surface area contributed by atoms with Gasteiger partial charge in [0.15, 0.2) is 0 Å². The van der Waals surface area contributed by atoms with E-state index < -0.39 is 15.6 Å². The van der Waals surface area contributed by atoms with Crippen molar-refractivity contribution < 1.29 is 13.5 Å². The van der Waals surface area contributed by atoms with Crippen LogP contribution in [0.2, 0.25) is 0 Å². The van der Waals surface area contributed by atoms with Crippen molar-refractivity contribution in [3.05, 3.63) is 24.3 Å². The Hall–Kier alpha value is -1.11. The largest absolute Gasteiger partial charge is 0.389 e. The summed E-state index contributed by atoms with van der Waals surface area (Å²) < 4.78 is 25.2. The minimum Gasteiger partial charge on any atom is -0.389 e. The first kappa shape index (κ1) is 14.0. The molecule has 0 amide bonds. The van der Waals surface area contributed by atoms with Crippen molar-refractivity contribution in [3.8, 4) is 0 Å². The third-order valence-electron chi connectivity index (χ3n) is 2.16. The topological polar surface area (TPSA) is 78.4 Å². The lowest BCUT2D eigenvalue weighted by Gasteiger charge is -2.18. The molecule has 0 saturated carbocycles. The molecule has 0 aliphatic rings. The monoisotopic (exact) mass is 258 g/mol. The number of rotatable bonds is 5. The van der Waals surface area contributed by atoms with Crippen LogP contribution >= 0.6 is 0 Å². The summed E-state index contributed by atoms with van der Waals surface area (Å²) in [6.07, 6.45) is 0. The van der Waals surface area contributed by atoms with E-state index in [4.69, 9.17) is 0 Å². The number of nitrogens with one attached hydrogen (secondary N) is 2. The minimum atomic E-state index is -3.39. The molecule has 17 heavy (non-hydrogen) atoms. The second-order valence-electron chi connectivity index (χ2n) is 4.40. The summed E-state index contributed by atoms with van der Waals surface area (Å²) in [5.41, 5.74) is -0.0439. The number of anilines is 1. The van der Waals surface area contributed by atoms with Crippen molar-refractivity contribution in [2.75, 3.05) is 18.9 Å². The van der Waals surface area contributed by atoms with Crippen molar-refractivity contribution in [2.45, 2.75) is 24.3 Å². The Morgan fingerprint density at radius 2 is 1.76 bits per heavy atom. The van der Waals surface area contributed by atoms with Crippen LogP contribution in [0, 0.1) is 0 Å². The summed E-state index contributed by atoms with van der Waals surface area (Å²) in [5.74, 6) is 0. The number of sulfonamides is 1. The van der Waals surface area contributed by atoms with E-state index in [1.807, 2.05) is 0 Å². The summed E-state index contributed by atoms with van der Waals surface area (Å²) in [6.45, 7) is 3.78. The molecule has 6 heteroatoms. The van der Waals surface area contributed by atoms with Gasteiger partial charge in [0.1, 0.15) is 0 Å². The second kappa shape index (κ2) is 5.03. The molecule has 96 valence electrons. The first-order valence-corrected chi connectivity index (χ1v) is 6.73. The van der Waals surface area contributed by atoms with Gasteiger partial charge >= 0.3 is 0 Å². The molecule has 3 N–H and O–H groups in total. The highest BCUT2D eigenvalue weighted by atomic mass is 32.2. The first-order chi connectivity index (χ1) is 7.74. The normalized spacial score (nSPS) is 12.5. The average Bonchev–Trinajstić information content (AvgIpc) is 2.26. The van der Waals surface area contributed by atoms with Crippen LogP contribution in [0.3, 0.4) is 0 Å². The van der Waals surface area contributed by atoms with E-state index in [0.29, 0.717) is 6.54 Å². The molecule has 0 fully saturated rings. The molecule has 0 aromatic heterocycles. The van der Waals surface area contributed by atoms with Gasteiger partial charge in [-0.2, -0.15) is 0 Å². The van der Waals surface area contributed by atoms with E-state index in [2.05, 4.69) is 10.0 Å². The smallest absolute Gasteiger partial charge is 0.240 e. The van der Waals surface area contributed by atoms with Gasteiger partial charge in [-0.15, -0.1) is 0 Å². The van der Waals surface area contributed by atoms with Gasteiger partial charge in [0.05, 0.1) is 10.5 Å². The van der Waals surface area contributed by atoms with E-state index in [1.54, 1.807) is 26.0 Å². The number of aliphatic hydroxyl groups is 1. The van der Waals surface area contributed by atoms with Crippen LogP contribution in [-0.2, 0) is 10.0 Å². The Bertz CT molecular complexity index is 460. The minimum absolute atomic E-state index is 0.216. The molecule has 0 radical (unpaired) electrons. The predicted octanol–water partition coefficient (Wildman–Crippen LogP) is 0.777. The fraction of sp³-hybridized carbons (Fsp3) is 0.455. The van der Waals surface area contributed by atoms with E-state index in [9.17, 15) is 13.5 Å². The van der Waals surface area contributed by atoms with Gasteiger partial charge in [0, 0.05) is 12.2 Å². The van der Waals surface area contributed by atoms with Crippen LogP contribution in [0.15, 0.2) is 29.2 Å². The van der Waals surface area contributed by atoms with E-state index in [1.165, 1.54) is 19.2 Å². The van der Waals surface area contributed by atoms with Crippen LogP contribution in [-0.4, -0.2) is 32.7 Å². The van der Waals surface area contributed by atoms with Crippen LogP contribution in [0.1, 0.15) is 13.8 Å². The molecule has 0 aliphatic heterocycles. The summed E-state index contributed by atoms with van der Waals surface area (Å²) in [4.78, 5) is 0.216. The molecule has 0 aliphatic carbocycles. The molecule has 0 unspecified atom stereocenters. The molecule has 1 aromatic carbocycles. The standard InChI is InChI=1S/C11H18N2O3S/c1-11(2,14)8-13-9-4-6-10(7-5-9)17(15,16)12-3/h4-7,12-14H,8H2,1-3H3. The Kier molecular flexibility index (Phi) is 4.13. The van der Waals surface area contributed by atoms with Crippen molar-refractivity contribution in [3.63, 3.8) is 0 Å². The summed E-state index contributed by atoms with van der Waals surface area (Å²) in [7, 11) is -2.01. The number of benzene rings is 1. The fourth-order valence-corrected chi connectivity index (χ4v) is 1.92. The maximum Gasteiger partial charge on any atom is 0.240 e. The zero-order valence-corrected chi connectivity index (χ0v) is 11.0.